The molecule has 0 fully saturated rings. The number of allylic oxidation sites excluding steroid dienone is 5. The fraction of sp³-hybridized carbons (Fsp3) is 0.130. The van der Waals surface area contributed by atoms with E-state index in [0.717, 1.165) is 34.2 Å². The third-order valence-corrected chi connectivity index (χ3v) is 3.61. The number of aromatic nitrogens is 2. The standard InChI is InChI=1S/C23H24N6/c1-5-8-18(24-4)14-26-20-10-12-22(28-16-20)23-13-11-21(17-29-23)27-15-19(9-6-2)25-7-3/h5-17H,2H2,1,3-4H3/b8-5-,19-9-,24-18?,25-7?,26-14?,27-15?. The molecule has 0 saturated carbocycles. The Balaban J connectivity index is 2.11. The molecule has 0 radical (unpaired) electrons. The highest BCUT2D eigenvalue weighted by atomic mass is 14.8. The van der Waals surface area contributed by atoms with Gasteiger partial charge in [-0.05, 0) is 50.3 Å². The van der Waals surface area contributed by atoms with Crippen molar-refractivity contribution >= 4 is 35.7 Å². The van der Waals surface area contributed by atoms with Crippen molar-refractivity contribution in [3.05, 3.63) is 73.2 Å². The molecule has 0 bridgehead atoms. The molecule has 6 heteroatoms. The largest absolute Gasteiger partial charge is 0.287 e. The lowest BCUT2D eigenvalue weighted by Gasteiger charge is -2.01. The van der Waals surface area contributed by atoms with E-state index in [1.807, 2.05) is 50.3 Å². The molecule has 0 saturated heterocycles. The maximum Gasteiger partial charge on any atom is 0.0887 e. The highest BCUT2D eigenvalue weighted by Gasteiger charge is 2.01. The molecule has 29 heavy (non-hydrogen) atoms. The van der Waals surface area contributed by atoms with Gasteiger partial charge in [-0.1, -0.05) is 18.7 Å². The molecule has 0 N–H and O–H groups in total. The summed E-state index contributed by atoms with van der Waals surface area (Å²) in [6, 6.07) is 7.54. The van der Waals surface area contributed by atoms with E-state index in [2.05, 4.69) is 36.5 Å². The summed E-state index contributed by atoms with van der Waals surface area (Å²) in [5.41, 5.74) is 4.52. The highest BCUT2D eigenvalue weighted by Crippen LogP contribution is 2.20. The Morgan fingerprint density at radius 2 is 1.55 bits per heavy atom. The van der Waals surface area contributed by atoms with Gasteiger partial charge in [-0.25, -0.2) is 0 Å². The first-order valence-corrected chi connectivity index (χ1v) is 9.11. The van der Waals surface area contributed by atoms with E-state index in [9.17, 15) is 0 Å². The topological polar surface area (TPSA) is 75.2 Å². The summed E-state index contributed by atoms with van der Waals surface area (Å²) in [7, 11) is 1.73. The fourth-order valence-electron chi connectivity index (χ4n) is 2.24. The summed E-state index contributed by atoms with van der Waals surface area (Å²) in [5, 5.41) is 0. The minimum atomic E-state index is 0.718. The highest BCUT2D eigenvalue weighted by molar-refractivity contribution is 6.36. The zero-order chi connectivity index (χ0) is 20.9. The maximum atomic E-state index is 4.44. The molecule has 0 aliphatic heterocycles. The van der Waals surface area contributed by atoms with Crippen LogP contribution in [0.15, 0.2) is 93.2 Å². The van der Waals surface area contributed by atoms with E-state index < -0.39 is 0 Å². The quantitative estimate of drug-likeness (QED) is 0.454. The zero-order valence-electron chi connectivity index (χ0n) is 16.9. The molecule has 0 unspecified atom stereocenters. The van der Waals surface area contributed by atoms with Crippen LogP contribution in [-0.2, 0) is 0 Å². The molecule has 0 spiro atoms. The molecule has 0 atom stereocenters. The van der Waals surface area contributed by atoms with Crippen molar-refractivity contribution in [1.82, 2.24) is 9.97 Å². The predicted molar refractivity (Wildman–Crippen MR) is 124 cm³/mol. The van der Waals surface area contributed by atoms with Gasteiger partial charge in [-0.2, -0.15) is 0 Å². The van der Waals surface area contributed by atoms with Crippen LogP contribution in [0.4, 0.5) is 11.4 Å². The van der Waals surface area contributed by atoms with Gasteiger partial charge in [0, 0.05) is 13.3 Å². The third kappa shape index (κ3) is 7.03. The van der Waals surface area contributed by atoms with Crippen molar-refractivity contribution in [3.63, 3.8) is 0 Å². The minimum Gasteiger partial charge on any atom is -0.287 e. The summed E-state index contributed by atoms with van der Waals surface area (Å²) < 4.78 is 0. The van der Waals surface area contributed by atoms with Gasteiger partial charge in [0.25, 0.3) is 0 Å². The molecule has 0 aliphatic rings. The lowest BCUT2D eigenvalue weighted by Crippen LogP contribution is -1.93. The number of rotatable bonds is 8. The lowest BCUT2D eigenvalue weighted by molar-refractivity contribution is 1.23. The van der Waals surface area contributed by atoms with Gasteiger partial charge >= 0.3 is 0 Å². The van der Waals surface area contributed by atoms with Gasteiger partial charge in [0.1, 0.15) is 0 Å². The summed E-state index contributed by atoms with van der Waals surface area (Å²) in [6.07, 6.45) is 15.8. The van der Waals surface area contributed by atoms with Crippen LogP contribution in [0.1, 0.15) is 13.8 Å². The van der Waals surface area contributed by atoms with Gasteiger partial charge in [0.2, 0.25) is 0 Å². The first kappa shape index (κ1) is 21.5. The van der Waals surface area contributed by atoms with Crippen molar-refractivity contribution in [2.24, 2.45) is 20.0 Å². The third-order valence-electron chi connectivity index (χ3n) is 3.61. The fourth-order valence-corrected chi connectivity index (χ4v) is 2.24. The number of hydrogen-bond donors (Lipinski definition) is 0. The molecule has 146 valence electrons. The van der Waals surface area contributed by atoms with Crippen LogP contribution >= 0.6 is 0 Å². The van der Waals surface area contributed by atoms with Crippen LogP contribution < -0.4 is 0 Å². The van der Waals surface area contributed by atoms with Crippen LogP contribution in [0.25, 0.3) is 11.4 Å². The number of aliphatic imine (C=N–C) groups is 4. The molecular formula is C23H24N6. The Labute approximate surface area is 171 Å². The average molecular weight is 384 g/mol. The Morgan fingerprint density at radius 1 is 0.931 bits per heavy atom. The van der Waals surface area contributed by atoms with E-state index >= 15 is 0 Å². The van der Waals surface area contributed by atoms with Crippen LogP contribution in [-0.4, -0.2) is 41.4 Å². The molecule has 0 amide bonds. The van der Waals surface area contributed by atoms with Gasteiger partial charge in [0.05, 0.1) is 59.0 Å². The molecule has 6 nitrogen and oxygen atoms in total. The van der Waals surface area contributed by atoms with E-state index in [4.69, 9.17) is 0 Å². The Morgan fingerprint density at radius 3 is 2.00 bits per heavy atom. The molecule has 2 heterocycles. The number of hydrogen-bond acceptors (Lipinski definition) is 6. The predicted octanol–water partition coefficient (Wildman–Crippen LogP) is 5.36. The average Bonchev–Trinajstić information content (AvgIpc) is 2.76. The minimum absolute atomic E-state index is 0.718. The molecule has 2 aromatic heterocycles. The van der Waals surface area contributed by atoms with E-state index in [1.165, 1.54) is 0 Å². The number of pyridine rings is 2. The smallest absolute Gasteiger partial charge is 0.0887 e. The van der Waals surface area contributed by atoms with E-state index in [1.54, 1.807) is 50.2 Å². The second-order valence-corrected chi connectivity index (χ2v) is 5.68. The molecule has 0 aliphatic carbocycles. The van der Waals surface area contributed by atoms with E-state index in [0.29, 0.717) is 0 Å². The summed E-state index contributed by atoms with van der Waals surface area (Å²) >= 11 is 0. The van der Waals surface area contributed by atoms with Gasteiger partial charge in [-0.15, -0.1) is 0 Å². The summed E-state index contributed by atoms with van der Waals surface area (Å²) in [4.78, 5) is 26.0. The summed E-state index contributed by atoms with van der Waals surface area (Å²) in [6.45, 7) is 7.46. The van der Waals surface area contributed by atoms with Gasteiger partial charge in [0.15, 0.2) is 0 Å². The first-order valence-electron chi connectivity index (χ1n) is 9.11. The molecule has 2 aromatic rings. The van der Waals surface area contributed by atoms with Crippen LogP contribution in [0.2, 0.25) is 0 Å². The van der Waals surface area contributed by atoms with Gasteiger partial charge in [-0.3, -0.25) is 29.9 Å². The number of nitrogens with zero attached hydrogens (tertiary/aromatic N) is 6. The lowest BCUT2D eigenvalue weighted by atomic mass is 10.2. The van der Waals surface area contributed by atoms with Crippen LogP contribution in [0.3, 0.4) is 0 Å². The second kappa shape index (κ2) is 11.8. The molecule has 0 aromatic carbocycles. The van der Waals surface area contributed by atoms with Crippen LogP contribution in [0.5, 0.6) is 0 Å². The van der Waals surface area contributed by atoms with Crippen molar-refractivity contribution < 1.29 is 0 Å². The zero-order valence-corrected chi connectivity index (χ0v) is 16.9. The Bertz CT molecular complexity index is 975. The van der Waals surface area contributed by atoms with Crippen LogP contribution in [0, 0.1) is 0 Å². The Hall–Kier alpha value is -3.80. The van der Waals surface area contributed by atoms with Crippen molar-refractivity contribution in [2.45, 2.75) is 13.8 Å². The van der Waals surface area contributed by atoms with Crippen molar-refractivity contribution in [1.29, 1.82) is 0 Å². The SMILES string of the molecule is C=C/C=C(/C=Nc1ccc(-c2ccc(N=CC(/C=C\C)=NC)cn2)nc1)N=CC. The van der Waals surface area contributed by atoms with Crippen molar-refractivity contribution in [3.8, 4) is 11.4 Å². The maximum absolute atomic E-state index is 4.44. The second-order valence-electron chi connectivity index (χ2n) is 5.68. The molecule has 2 rings (SSSR count). The first-order chi connectivity index (χ1) is 14.2. The van der Waals surface area contributed by atoms with E-state index in [-0.39, 0.29) is 0 Å². The Kier molecular flexibility index (Phi) is 8.76. The normalized spacial score (nSPS) is 13.3. The summed E-state index contributed by atoms with van der Waals surface area (Å²) in [5.74, 6) is 0. The monoisotopic (exact) mass is 384 g/mol. The van der Waals surface area contributed by atoms with Crippen molar-refractivity contribution in [2.75, 3.05) is 7.05 Å². The molecular weight excluding hydrogens is 360 g/mol. The van der Waals surface area contributed by atoms with Gasteiger partial charge < -0.3 is 0 Å².